The Hall–Kier alpha value is 0.457. The van der Waals surface area contributed by atoms with Gasteiger partial charge in [-0.2, -0.15) is 0 Å². The molecule has 0 aliphatic heterocycles. The first-order valence-electron chi connectivity index (χ1n) is 12.7. The first-order valence-corrected chi connectivity index (χ1v) is 20.7. The van der Waals surface area contributed by atoms with E-state index in [-0.39, 0.29) is 46.5 Å². The molecule has 35 heavy (non-hydrogen) atoms. The fraction of sp³-hybridized carbons (Fsp3) is 0.714. The van der Waals surface area contributed by atoms with E-state index in [4.69, 9.17) is 8.85 Å². The van der Waals surface area contributed by atoms with E-state index in [1.807, 2.05) is 0 Å². The van der Waals surface area contributed by atoms with Crippen molar-refractivity contribution < 1.29 is 56.9 Å². The van der Waals surface area contributed by atoms with Crippen LogP contribution >= 0.6 is 0 Å². The van der Waals surface area contributed by atoms with Gasteiger partial charge in [0, 0.05) is 0 Å². The zero-order valence-corrected chi connectivity index (χ0v) is 31.5. The Bertz CT molecular complexity index is 873. The average Bonchev–Trinajstić information content (AvgIpc) is 2.93. The monoisotopic (exact) mass is 634 g/mol. The molecule has 0 aromatic rings. The molecule has 0 spiro atoms. The van der Waals surface area contributed by atoms with Gasteiger partial charge in [0.25, 0.3) is 0 Å². The minimum atomic E-state index is -1.23. The molecule has 2 nitrogen and oxygen atoms in total. The van der Waals surface area contributed by atoms with Crippen LogP contribution in [0, 0.1) is 21.7 Å². The molecule has 2 unspecified atom stereocenters. The first kappa shape index (κ1) is 35.5. The summed E-state index contributed by atoms with van der Waals surface area (Å²) in [4.78, 5) is 0. The van der Waals surface area contributed by atoms with Crippen molar-refractivity contribution >= 4 is 18.1 Å². The molecular weight excluding hydrogens is 587 g/mol. The third kappa shape index (κ3) is 5.90. The molecule has 0 N–H and O–H groups in total. The van der Waals surface area contributed by atoms with Crippen molar-refractivity contribution in [3.63, 3.8) is 0 Å². The summed E-state index contributed by atoms with van der Waals surface area (Å²) in [5.74, 6) is 2.51. The molecule has 2 rings (SSSR count). The van der Waals surface area contributed by atoms with Crippen molar-refractivity contribution in [3.8, 4) is 0 Å². The molecule has 7 heteroatoms. The van der Waals surface area contributed by atoms with Gasteiger partial charge >= 0.3 is 221 Å². The van der Waals surface area contributed by atoms with Crippen LogP contribution in [0.2, 0.25) is 26.2 Å². The largest absolute Gasteiger partial charge is 1.00 e. The molecule has 2 atom stereocenters. The van der Waals surface area contributed by atoms with E-state index in [0.29, 0.717) is 0 Å². The second-order valence-corrected chi connectivity index (χ2v) is 20.9. The number of hydrogen-bond acceptors (Lipinski definition) is 2. The zero-order chi connectivity index (χ0) is 25.9. The number of halogens is 2. The average molecular weight is 637 g/mol. The fourth-order valence-electron chi connectivity index (χ4n) is 5.42. The van der Waals surface area contributed by atoms with E-state index in [1.54, 1.807) is 6.56 Å². The Kier molecular flexibility index (Phi) is 11.8. The second kappa shape index (κ2) is 11.7. The quantitative estimate of drug-likeness (QED) is 0.417. The van der Waals surface area contributed by atoms with Gasteiger partial charge in [-0.3, -0.25) is 0 Å². The van der Waals surface area contributed by atoms with Crippen LogP contribution in [0.25, 0.3) is 0 Å². The molecule has 0 aromatic heterocycles. The van der Waals surface area contributed by atoms with E-state index < -0.39 is 41.3 Å². The molecule has 2 aliphatic rings. The van der Waals surface area contributed by atoms with Crippen molar-refractivity contribution in [1.82, 2.24) is 0 Å². The second-order valence-electron chi connectivity index (χ2n) is 13.1. The molecule has 0 fully saturated rings. The topological polar surface area (TPSA) is 18.5 Å². The van der Waals surface area contributed by atoms with Crippen LogP contribution in [0.4, 0.5) is 0 Å². The van der Waals surface area contributed by atoms with Gasteiger partial charge in [-0.15, -0.1) is 0 Å². The normalized spacial score (nSPS) is 25.4. The Morgan fingerprint density at radius 2 is 0.857 bits per heavy atom. The van der Waals surface area contributed by atoms with Crippen molar-refractivity contribution in [3.05, 3.63) is 40.4 Å². The summed E-state index contributed by atoms with van der Waals surface area (Å²) in [5.41, 5.74) is 6.10. The van der Waals surface area contributed by atoms with Gasteiger partial charge in [-0.1, -0.05) is 0 Å². The van der Waals surface area contributed by atoms with Crippen molar-refractivity contribution in [1.29, 1.82) is 0 Å². The SMILES string of the molecule is CC1=C(C)C(C)(C(C)(C)C)[C]([Zr+2][C]2=C(O[SiH](C)C)C(C)=C(C)C2(C)C(C)(C)C)=C1O[SiH](C)C.[Cl-].[Cl-]. The summed E-state index contributed by atoms with van der Waals surface area (Å²) >= 11 is -1.23. The zero-order valence-electron chi connectivity index (χ0n) is 25.2. The van der Waals surface area contributed by atoms with Gasteiger partial charge in [-0.25, -0.2) is 0 Å². The van der Waals surface area contributed by atoms with Gasteiger partial charge in [0.05, 0.1) is 0 Å². The van der Waals surface area contributed by atoms with Gasteiger partial charge < -0.3 is 24.8 Å². The van der Waals surface area contributed by atoms with Crippen LogP contribution in [0.3, 0.4) is 0 Å². The van der Waals surface area contributed by atoms with Crippen molar-refractivity contribution in [2.75, 3.05) is 0 Å². The molecule has 0 amide bonds. The Morgan fingerprint density at radius 3 is 1.06 bits per heavy atom. The molecular formula is C28H50Cl2O2Si2Zr. The van der Waals surface area contributed by atoms with E-state index in [2.05, 4.69) is 109 Å². The maximum Gasteiger partial charge on any atom is -1.00 e. The molecule has 0 bridgehead atoms. The molecule has 0 heterocycles. The van der Waals surface area contributed by atoms with Crippen molar-refractivity contribution in [2.24, 2.45) is 21.7 Å². The van der Waals surface area contributed by atoms with Crippen LogP contribution in [0.1, 0.15) is 83.1 Å². The van der Waals surface area contributed by atoms with Crippen LogP contribution in [0.5, 0.6) is 0 Å². The minimum Gasteiger partial charge on any atom is -1.00 e. The number of rotatable bonds is 6. The Labute approximate surface area is 244 Å². The molecule has 0 radical (unpaired) electrons. The van der Waals surface area contributed by atoms with E-state index in [0.717, 1.165) is 0 Å². The standard InChI is InChI=1S/2C14H25OSi.2ClH.Zr/c2*1-10-11(2)14(6,13(3,4)5)9-12(10)15-16(7)8;;;/h2*16H,1-8H3;2*1H;/q;;;;+2/p-2. The smallest absolute Gasteiger partial charge is 1.00 e. The summed E-state index contributed by atoms with van der Waals surface area (Å²) in [6.07, 6.45) is 0. The summed E-state index contributed by atoms with van der Waals surface area (Å²) in [7, 11) is -2.47. The van der Waals surface area contributed by atoms with Crippen LogP contribution < -0.4 is 24.8 Å². The summed E-state index contributed by atoms with van der Waals surface area (Å²) < 4.78 is 16.8. The third-order valence-corrected chi connectivity index (χ3v) is 14.9. The summed E-state index contributed by atoms with van der Waals surface area (Å²) in [6.45, 7) is 38.0. The maximum absolute atomic E-state index is 6.77. The number of hydrogen-bond donors (Lipinski definition) is 0. The van der Waals surface area contributed by atoms with E-state index in [9.17, 15) is 0 Å². The molecule has 0 saturated carbocycles. The predicted octanol–water partition coefficient (Wildman–Crippen LogP) is 2.30. The molecule has 0 saturated heterocycles. The summed E-state index contributed by atoms with van der Waals surface area (Å²) in [5, 5.41) is 0. The van der Waals surface area contributed by atoms with Crippen LogP contribution in [-0.4, -0.2) is 18.1 Å². The van der Waals surface area contributed by atoms with Crippen LogP contribution in [0.15, 0.2) is 40.4 Å². The Morgan fingerprint density at radius 1 is 0.600 bits per heavy atom. The minimum absolute atomic E-state index is 0. The third-order valence-electron chi connectivity index (χ3n) is 8.72. The number of allylic oxidation sites excluding steroid dienone is 6. The van der Waals surface area contributed by atoms with Crippen LogP contribution in [-0.2, 0) is 32.1 Å². The van der Waals surface area contributed by atoms with E-state index in [1.165, 1.54) is 33.8 Å². The van der Waals surface area contributed by atoms with Gasteiger partial charge in [-0.05, 0) is 0 Å². The maximum atomic E-state index is 6.77. The molecule has 200 valence electrons. The fourth-order valence-corrected chi connectivity index (χ4v) is 13.9. The van der Waals surface area contributed by atoms with Gasteiger partial charge in [0.1, 0.15) is 0 Å². The molecule has 2 aliphatic carbocycles. The van der Waals surface area contributed by atoms with Gasteiger partial charge in [0.2, 0.25) is 0 Å². The van der Waals surface area contributed by atoms with E-state index >= 15 is 0 Å². The summed E-state index contributed by atoms with van der Waals surface area (Å²) in [6, 6.07) is 0. The van der Waals surface area contributed by atoms with Gasteiger partial charge in [0.15, 0.2) is 0 Å². The van der Waals surface area contributed by atoms with Crippen molar-refractivity contribution in [2.45, 2.75) is 109 Å². The first-order chi connectivity index (χ1) is 14.7. The predicted molar refractivity (Wildman–Crippen MR) is 146 cm³/mol. The Balaban J connectivity index is 0.00000578. The molecule has 0 aromatic carbocycles.